The molecule has 18 heavy (non-hydrogen) atoms. The van der Waals surface area contributed by atoms with Gasteiger partial charge < -0.3 is 16.4 Å². The quantitative estimate of drug-likeness (QED) is 0.677. The molecule has 6 heteroatoms. The second kappa shape index (κ2) is 7.26. The lowest BCUT2D eigenvalue weighted by molar-refractivity contribution is -0.120. The summed E-state index contributed by atoms with van der Waals surface area (Å²) in [6.45, 7) is 2.93. The lowest BCUT2D eigenvalue weighted by atomic mass is 10.2. The van der Waals surface area contributed by atoms with Crippen molar-refractivity contribution in [3.63, 3.8) is 0 Å². The van der Waals surface area contributed by atoms with Crippen LogP contribution in [0.2, 0.25) is 0 Å². The summed E-state index contributed by atoms with van der Waals surface area (Å²) < 4.78 is 0. The molecule has 0 fully saturated rings. The Labute approximate surface area is 106 Å². The van der Waals surface area contributed by atoms with E-state index in [9.17, 15) is 9.59 Å². The second-order valence-electron chi connectivity index (χ2n) is 3.82. The molecule has 0 aliphatic heterocycles. The minimum Gasteiger partial charge on any atom is -0.397 e. The van der Waals surface area contributed by atoms with Crippen LogP contribution in [0.15, 0.2) is 18.5 Å². The van der Waals surface area contributed by atoms with Crippen LogP contribution in [0, 0.1) is 0 Å². The highest BCUT2D eigenvalue weighted by Gasteiger charge is 2.09. The molecule has 1 aromatic rings. The number of nitrogens with zero attached hydrogens (tertiary/aromatic N) is 1. The minimum absolute atomic E-state index is 0.0696. The number of hydrogen-bond acceptors (Lipinski definition) is 4. The van der Waals surface area contributed by atoms with Crippen LogP contribution in [0.3, 0.4) is 0 Å². The van der Waals surface area contributed by atoms with E-state index in [2.05, 4.69) is 15.6 Å². The van der Waals surface area contributed by atoms with Crippen molar-refractivity contribution in [3.05, 3.63) is 24.0 Å². The standard InChI is InChI=1S/C12H18N4O2/c1-2-5-15-11(17)4-7-16-12(18)9-3-6-14-8-10(9)13/h3,6,8H,2,4-5,7,13H2,1H3,(H,15,17)(H,16,18). The Bertz CT molecular complexity index is 420. The van der Waals surface area contributed by atoms with E-state index in [1.807, 2.05) is 6.92 Å². The Morgan fingerprint density at radius 3 is 2.78 bits per heavy atom. The van der Waals surface area contributed by atoms with Gasteiger partial charge in [0.1, 0.15) is 0 Å². The van der Waals surface area contributed by atoms with Gasteiger partial charge in [-0.25, -0.2) is 0 Å². The third-order valence-corrected chi connectivity index (χ3v) is 2.31. The molecule has 2 amide bonds. The molecule has 0 aromatic carbocycles. The van der Waals surface area contributed by atoms with Crippen molar-refractivity contribution in [2.24, 2.45) is 0 Å². The first-order valence-corrected chi connectivity index (χ1v) is 5.89. The molecule has 6 nitrogen and oxygen atoms in total. The summed E-state index contributed by atoms with van der Waals surface area (Å²) in [6, 6.07) is 1.54. The van der Waals surface area contributed by atoms with E-state index in [4.69, 9.17) is 5.73 Å². The van der Waals surface area contributed by atoms with Gasteiger partial charge in [-0.2, -0.15) is 0 Å². The molecular weight excluding hydrogens is 232 g/mol. The van der Waals surface area contributed by atoms with Gasteiger partial charge in [-0.3, -0.25) is 14.6 Å². The zero-order valence-corrected chi connectivity index (χ0v) is 10.4. The summed E-state index contributed by atoms with van der Waals surface area (Å²) in [4.78, 5) is 26.8. The third-order valence-electron chi connectivity index (χ3n) is 2.31. The van der Waals surface area contributed by atoms with Crippen LogP contribution in [0.25, 0.3) is 0 Å². The van der Waals surface area contributed by atoms with Crippen LogP contribution in [0.1, 0.15) is 30.1 Å². The highest BCUT2D eigenvalue weighted by Crippen LogP contribution is 2.07. The average Bonchev–Trinajstić information content (AvgIpc) is 2.36. The molecule has 0 radical (unpaired) electrons. The molecular formula is C12H18N4O2. The Balaban J connectivity index is 2.34. The topological polar surface area (TPSA) is 97.1 Å². The number of pyridine rings is 1. The van der Waals surface area contributed by atoms with Gasteiger partial charge in [0.05, 0.1) is 17.4 Å². The number of carbonyl (C=O) groups is 2. The number of rotatable bonds is 6. The van der Waals surface area contributed by atoms with Crippen LogP contribution in [0.5, 0.6) is 0 Å². The van der Waals surface area contributed by atoms with Crippen LogP contribution in [-0.4, -0.2) is 29.9 Å². The fourth-order valence-corrected chi connectivity index (χ4v) is 1.35. The molecule has 1 aromatic heterocycles. The van der Waals surface area contributed by atoms with Crippen molar-refractivity contribution in [3.8, 4) is 0 Å². The maximum Gasteiger partial charge on any atom is 0.253 e. The number of nitrogens with two attached hydrogens (primary N) is 1. The summed E-state index contributed by atoms with van der Waals surface area (Å²) in [5, 5.41) is 5.37. The molecule has 0 saturated carbocycles. The van der Waals surface area contributed by atoms with Crippen LogP contribution in [-0.2, 0) is 4.79 Å². The molecule has 0 aliphatic carbocycles. The van der Waals surface area contributed by atoms with E-state index in [-0.39, 0.29) is 24.8 Å². The first kappa shape index (κ1) is 14.0. The van der Waals surface area contributed by atoms with E-state index in [1.165, 1.54) is 12.4 Å². The van der Waals surface area contributed by atoms with Gasteiger partial charge in [-0.15, -0.1) is 0 Å². The van der Waals surface area contributed by atoms with Crippen LogP contribution in [0.4, 0.5) is 5.69 Å². The first-order chi connectivity index (χ1) is 8.65. The van der Waals surface area contributed by atoms with Crippen LogP contribution >= 0.6 is 0 Å². The number of carbonyl (C=O) groups excluding carboxylic acids is 2. The largest absolute Gasteiger partial charge is 0.397 e. The molecule has 4 N–H and O–H groups in total. The van der Waals surface area contributed by atoms with Crippen molar-refractivity contribution < 1.29 is 9.59 Å². The smallest absolute Gasteiger partial charge is 0.253 e. The summed E-state index contributed by atoms with van der Waals surface area (Å²) in [6.07, 6.45) is 4.07. The maximum atomic E-state index is 11.7. The lowest BCUT2D eigenvalue weighted by Crippen LogP contribution is -2.31. The van der Waals surface area contributed by atoms with Gasteiger partial charge >= 0.3 is 0 Å². The van der Waals surface area contributed by atoms with Crippen molar-refractivity contribution in [2.75, 3.05) is 18.8 Å². The summed E-state index contributed by atoms with van der Waals surface area (Å²) in [5.74, 6) is -0.363. The zero-order valence-electron chi connectivity index (χ0n) is 10.4. The zero-order chi connectivity index (χ0) is 13.4. The Hall–Kier alpha value is -2.11. The highest BCUT2D eigenvalue weighted by atomic mass is 16.2. The fourth-order valence-electron chi connectivity index (χ4n) is 1.35. The van der Waals surface area contributed by atoms with E-state index < -0.39 is 0 Å². The van der Waals surface area contributed by atoms with Crippen molar-refractivity contribution in [1.82, 2.24) is 15.6 Å². The van der Waals surface area contributed by atoms with Crippen molar-refractivity contribution in [2.45, 2.75) is 19.8 Å². The van der Waals surface area contributed by atoms with E-state index >= 15 is 0 Å². The number of hydrogen-bond donors (Lipinski definition) is 3. The Morgan fingerprint density at radius 1 is 1.33 bits per heavy atom. The number of anilines is 1. The predicted molar refractivity (Wildman–Crippen MR) is 68.9 cm³/mol. The molecule has 0 saturated heterocycles. The Morgan fingerprint density at radius 2 is 2.11 bits per heavy atom. The second-order valence-corrected chi connectivity index (χ2v) is 3.82. The van der Waals surface area contributed by atoms with Crippen LogP contribution < -0.4 is 16.4 Å². The van der Waals surface area contributed by atoms with Gasteiger partial charge in [-0.1, -0.05) is 6.92 Å². The summed E-state index contributed by atoms with van der Waals surface area (Å²) in [5.41, 5.74) is 6.31. The van der Waals surface area contributed by atoms with Crippen molar-refractivity contribution in [1.29, 1.82) is 0 Å². The molecule has 0 spiro atoms. The molecule has 98 valence electrons. The summed E-state index contributed by atoms with van der Waals surface area (Å²) in [7, 11) is 0. The highest BCUT2D eigenvalue weighted by molar-refractivity contribution is 5.98. The summed E-state index contributed by atoms with van der Waals surface area (Å²) >= 11 is 0. The van der Waals surface area contributed by atoms with Gasteiger partial charge in [0.2, 0.25) is 5.91 Å². The first-order valence-electron chi connectivity index (χ1n) is 5.89. The van der Waals surface area contributed by atoms with E-state index in [0.717, 1.165) is 6.42 Å². The number of aromatic nitrogens is 1. The monoisotopic (exact) mass is 250 g/mol. The van der Waals surface area contributed by atoms with Gasteiger partial charge in [0.15, 0.2) is 0 Å². The molecule has 0 unspecified atom stereocenters. The molecule has 1 heterocycles. The SMILES string of the molecule is CCCNC(=O)CCNC(=O)c1ccncc1N. The molecule has 0 aliphatic rings. The number of amides is 2. The average molecular weight is 250 g/mol. The Kier molecular flexibility index (Phi) is 5.63. The van der Waals surface area contributed by atoms with Gasteiger partial charge in [0.25, 0.3) is 5.91 Å². The molecule has 0 atom stereocenters. The lowest BCUT2D eigenvalue weighted by Gasteiger charge is -2.07. The van der Waals surface area contributed by atoms with E-state index in [0.29, 0.717) is 17.8 Å². The fraction of sp³-hybridized carbons (Fsp3) is 0.417. The maximum absolute atomic E-state index is 11.7. The molecule has 1 rings (SSSR count). The predicted octanol–water partition coefficient (Wildman–Crippen LogP) is 0.310. The van der Waals surface area contributed by atoms with Gasteiger partial charge in [0, 0.05) is 25.7 Å². The minimum atomic E-state index is -0.293. The molecule has 0 bridgehead atoms. The third kappa shape index (κ3) is 4.40. The van der Waals surface area contributed by atoms with Gasteiger partial charge in [-0.05, 0) is 12.5 Å². The normalized spacial score (nSPS) is 9.83. The van der Waals surface area contributed by atoms with E-state index in [1.54, 1.807) is 6.07 Å². The number of nitrogen functional groups attached to an aromatic ring is 1. The number of nitrogens with one attached hydrogen (secondary N) is 2. The van der Waals surface area contributed by atoms with Crippen molar-refractivity contribution >= 4 is 17.5 Å².